The molecule has 0 aliphatic heterocycles. The zero-order valence-electron chi connectivity index (χ0n) is 9.28. The van der Waals surface area contributed by atoms with Crippen molar-refractivity contribution >= 4 is 17.6 Å². The molecule has 0 heterocycles. The Balaban J connectivity index is 3.18. The Labute approximate surface area is 104 Å². The summed E-state index contributed by atoms with van der Waals surface area (Å²) in [6.45, 7) is 0. The van der Waals surface area contributed by atoms with Crippen molar-refractivity contribution in [1.29, 1.82) is 0 Å². The molecule has 6 N–H and O–H groups in total. The van der Waals surface area contributed by atoms with E-state index in [1.165, 1.54) is 0 Å². The molecule has 0 saturated carbocycles. The molecule has 0 fully saturated rings. The summed E-state index contributed by atoms with van der Waals surface area (Å²) < 4.78 is 52.9. The van der Waals surface area contributed by atoms with Crippen molar-refractivity contribution in [2.75, 3.05) is 0 Å². The molecule has 1 aromatic carbocycles. The number of hydrogen-bond acceptors (Lipinski definition) is 2. The van der Waals surface area contributed by atoms with E-state index in [9.17, 15) is 17.6 Å². The standard InChI is InChI=1S/C9H9F4N5O/c10-4-1-2-6(19-9(11,12)13)5(3-4)17-8(16)18-7(14)15/h1-3H,(H6,14,15,16,17,18). The molecule has 0 atom stereocenters. The van der Waals surface area contributed by atoms with Crippen LogP contribution in [0.15, 0.2) is 28.2 Å². The van der Waals surface area contributed by atoms with Gasteiger partial charge in [-0.25, -0.2) is 9.38 Å². The van der Waals surface area contributed by atoms with E-state index in [-0.39, 0.29) is 0 Å². The van der Waals surface area contributed by atoms with E-state index >= 15 is 0 Å². The van der Waals surface area contributed by atoms with Crippen LogP contribution in [0.25, 0.3) is 0 Å². The Morgan fingerprint density at radius 2 is 1.79 bits per heavy atom. The molecule has 0 amide bonds. The van der Waals surface area contributed by atoms with Gasteiger partial charge in [-0.2, -0.15) is 4.99 Å². The quantitative estimate of drug-likeness (QED) is 0.425. The molecular weight excluding hydrogens is 270 g/mol. The molecule has 0 unspecified atom stereocenters. The number of halogens is 4. The number of benzene rings is 1. The predicted octanol–water partition coefficient (Wildman–Crippen LogP) is 0.944. The fourth-order valence-corrected chi connectivity index (χ4v) is 1.07. The van der Waals surface area contributed by atoms with E-state index in [0.29, 0.717) is 6.07 Å². The first-order valence-corrected chi connectivity index (χ1v) is 4.66. The number of hydrogen-bond donors (Lipinski definition) is 3. The number of ether oxygens (including phenoxy) is 1. The summed E-state index contributed by atoms with van der Waals surface area (Å²) in [5, 5.41) is 0. The normalized spacial score (nSPS) is 12.1. The summed E-state index contributed by atoms with van der Waals surface area (Å²) in [6, 6.07) is 2.22. The van der Waals surface area contributed by atoms with E-state index < -0.39 is 35.5 Å². The van der Waals surface area contributed by atoms with Gasteiger partial charge >= 0.3 is 6.36 Å². The van der Waals surface area contributed by atoms with Crippen LogP contribution in [0.3, 0.4) is 0 Å². The topological polar surface area (TPSA) is 112 Å². The highest BCUT2D eigenvalue weighted by Gasteiger charge is 2.32. The SMILES string of the molecule is NC(N)=NC(N)=Nc1cc(F)ccc1OC(F)(F)F. The maximum atomic E-state index is 13.0. The van der Waals surface area contributed by atoms with Gasteiger partial charge in [0.2, 0.25) is 5.96 Å². The maximum Gasteiger partial charge on any atom is 0.573 e. The van der Waals surface area contributed by atoms with Crippen molar-refractivity contribution in [2.24, 2.45) is 27.2 Å². The van der Waals surface area contributed by atoms with Crippen molar-refractivity contribution in [3.63, 3.8) is 0 Å². The molecule has 0 saturated heterocycles. The smallest absolute Gasteiger partial charge is 0.403 e. The number of aliphatic imine (C=N–C) groups is 2. The summed E-state index contributed by atoms with van der Waals surface area (Å²) in [7, 11) is 0. The van der Waals surface area contributed by atoms with Gasteiger partial charge in [-0.1, -0.05) is 0 Å². The second-order valence-corrected chi connectivity index (χ2v) is 3.17. The van der Waals surface area contributed by atoms with E-state index in [0.717, 1.165) is 12.1 Å². The highest BCUT2D eigenvalue weighted by atomic mass is 19.4. The van der Waals surface area contributed by atoms with Crippen molar-refractivity contribution in [1.82, 2.24) is 0 Å². The second kappa shape index (κ2) is 5.42. The lowest BCUT2D eigenvalue weighted by atomic mass is 10.3. The number of guanidine groups is 2. The summed E-state index contributed by atoms with van der Waals surface area (Å²) in [6.07, 6.45) is -4.95. The van der Waals surface area contributed by atoms with Gasteiger partial charge in [0, 0.05) is 6.07 Å². The monoisotopic (exact) mass is 279 g/mol. The van der Waals surface area contributed by atoms with E-state index in [2.05, 4.69) is 14.7 Å². The van der Waals surface area contributed by atoms with Gasteiger partial charge < -0.3 is 21.9 Å². The zero-order valence-corrected chi connectivity index (χ0v) is 9.28. The van der Waals surface area contributed by atoms with Gasteiger partial charge in [0.05, 0.1) is 0 Å². The van der Waals surface area contributed by atoms with Gasteiger partial charge in [0.1, 0.15) is 11.5 Å². The number of nitrogens with zero attached hydrogens (tertiary/aromatic N) is 2. The van der Waals surface area contributed by atoms with E-state index in [1.54, 1.807) is 0 Å². The molecule has 0 aliphatic carbocycles. The minimum atomic E-state index is -4.95. The molecule has 104 valence electrons. The number of rotatable bonds is 2. The van der Waals surface area contributed by atoms with Gasteiger partial charge in [0.25, 0.3) is 0 Å². The molecule has 0 aliphatic rings. The Bertz CT molecular complexity index is 522. The molecule has 0 spiro atoms. The first kappa shape index (κ1) is 14.5. The Kier molecular flexibility index (Phi) is 4.14. The highest BCUT2D eigenvalue weighted by molar-refractivity contribution is 5.93. The van der Waals surface area contributed by atoms with Crippen LogP contribution >= 0.6 is 0 Å². The first-order chi connectivity index (χ1) is 8.67. The van der Waals surface area contributed by atoms with Crippen molar-refractivity contribution in [3.8, 4) is 5.75 Å². The van der Waals surface area contributed by atoms with Crippen molar-refractivity contribution in [2.45, 2.75) is 6.36 Å². The van der Waals surface area contributed by atoms with E-state index in [4.69, 9.17) is 17.2 Å². The van der Waals surface area contributed by atoms with Crippen molar-refractivity contribution < 1.29 is 22.3 Å². The Hall–Kier alpha value is -2.52. The van der Waals surface area contributed by atoms with Gasteiger partial charge in [-0.05, 0) is 12.1 Å². The Morgan fingerprint density at radius 3 is 2.32 bits per heavy atom. The minimum Gasteiger partial charge on any atom is -0.403 e. The third kappa shape index (κ3) is 5.10. The van der Waals surface area contributed by atoms with Gasteiger partial charge in [0.15, 0.2) is 11.7 Å². The lowest BCUT2D eigenvalue weighted by Gasteiger charge is -2.10. The lowest BCUT2D eigenvalue weighted by molar-refractivity contribution is -0.274. The molecule has 0 bridgehead atoms. The van der Waals surface area contributed by atoms with Gasteiger partial charge in [-0.3, -0.25) is 0 Å². The molecular formula is C9H9F4N5O. The molecule has 1 rings (SSSR count). The first-order valence-electron chi connectivity index (χ1n) is 4.66. The molecule has 1 aromatic rings. The third-order valence-corrected chi connectivity index (χ3v) is 1.63. The molecule has 0 radical (unpaired) electrons. The third-order valence-electron chi connectivity index (χ3n) is 1.63. The lowest BCUT2D eigenvalue weighted by Crippen LogP contribution is -2.26. The molecule has 19 heavy (non-hydrogen) atoms. The zero-order chi connectivity index (χ0) is 14.6. The number of nitrogens with two attached hydrogens (primary N) is 3. The van der Waals surface area contributed by atoms with Crippen LogP contribution < -0.4 is 21.9 Å². The van der Waals surface area contributed by atoms with Crippen LogP contribution in [0.5, 0.6) is 5.75 Å². The Morgan fingerprint density at radius 1 is 1.16 bits per heavy atom. The molecule has 10 heteroatoms. The highest BCUT2D eigenvalue weighted by Crippen LogP contribution is 2.32. The molecule has 0 aromatic heterocycles. The van der Waals surface area contributed by atoms with Crippen molar-refractivity contribution in [3.05, 3.63) is 24.0 Å². The van der Waals surface area contributed by atoms with Crippen LogP contribution in [0, 0.1) is 5.82 Å². The largest absolute Gasteiger partial charge is 0.573 e. The second-order valence-electron chi connectivity index (χ2n) is 3.17. The average molecular weight is 279 g/mol. The predicted molar refractivity (Wildman–Crippen MR) is 60.2 cm³/mol. The average Bonchev–Trinajstić information content (AvgIpc) is 2.19. The fourth-order valence-electron chi connectivity index (χ4n) is 1.07. The van der Waals surface area contributed by atoms with Crippen LogP contribution in [0.2, 0.25) is 0 Å². The van der Waals surface area contributed by atoms with E-state index in [1.807, 2.05) is 0 Å². The summed E-state index contributed by atoms with van der Waals surface area (Å²) in [4.78, 5) is 6.71. The minimum absolute atomic E-state index is 0.448. The van der Waals surface area contributed by atoms with Crippen LogP contribution in [-0.2, 0) is 0 Å². The summed E-state index contributed by atoms with van der Waals surface area (Å²) in [5.74, 6) is -2.55. The van der Waals surface area contributed by atoms with Crippen LogP contribution in [0.4, 0.5) is 23.2 Å². The maximum absolute atomic E-state index is 13.0. The summed E-state index contributed by atoms with van der Waals surface area (Å²) in [5.41, 5.74) is 14.7. The fraction of sp³-hybridized carbons (Fsp3) is 0.111. The van der Waals surface area contributed by atoms with Crippen LogP contribution in [0.1, 0.15) is 0 Å². The molecule has 6 nitrogen and oxygen atoms in total. The number of alkyl halides is 3. The summed E-state index contributed by atoms with van der Waals surface area (Å²) >= 11 is 0. The van der Waals surface area contributed by atoms with Crippen LogP contribution in [-0.4, -0.2) is 18.3 Å². The van der Waals surface area contributed by atoms with Gasteiger partial charge in [-0.15, -0.1) is 13.2 Å².